The van der Waals surface area contributed by atoms with E-state index in [1.807, 2.05) is 25.7 Å². The van der Waals surface area contributed by atoms with Crippen LogP contribution in [0.5, 0.6) is 0 Å². The lowest BCUT2D eigenvalue weighted by Gasteiger charge is -2.50. The number of hydrogen-bond acceptors (Lipinski definition) is 2. The Morgan fingerprint density at radius 1 is 1.10 bits per heavy atom. The smallest absolute Gasteiger partial charge is 0.249 e. The number of carbonyl (C=O) groups is 2. The third-order valence-electron chi connectivity index (χ3n) is 5.62. The highest BCUT2D eigenvalue weighted by molar-refractivity contribution is 6.00. The van der Waals surface area contributed by atoms with Gasteiger partial charge in [-0.1, -0.05) is 33.1 Å². The third-order valence-corrected chi connectivity index (χ3v) is 5.62. The van der Waals surface area contributed by atoms with E-state index in [9.17, 15) is 9.59 Å². The second-order valence-corrected chi connectivity index (χ2v) is 7.66. The van der Waals surface area contributed by atoms with Gasteiger partial charge < -0.3 is 10.2 Å². The summed E-state index contributed by atoms with van der Waals surface area (Å²) in [7, 11) is 0. The van der Waals surface area contributed by atoms with Gasteiger partial charge in [0.05, 0.1) is 0 Å². The molecule has 2 amide bonds. The van der Waals surface area contributed by atoms with Crippen molar-refractivity contribution >= 4 is 11.8 Å². The monoisotopic (exact) mass is 292 g/mol. The molecule has 1 heterocycles. The summed E-state index contributed by atoms with van der Waals surface area (Å²) < 4.78 is 0. The van der Waals surface area contributed by atoms with Gasteiger partial charge in [-0.2, -0.15) is 0 Å². The van der Waals surface area contributed by atoms with Crippen LogP contribution >= 0.6 is 0 Å². The van der Waals surface area contributed by atoms with Crippen LogP contribution in [0, 0.1) is 11.8 Å². The zero-order valence-electron chi connectivity index (χ0n) is 13.5. The Bertz CT molecular complexity index is 438. The van der Waals surface area contributed by atoms with E-state index in [-0.39, 0.29) is 29.8 Å². The van der Waals surface area contributed by atoms with Crippen LogP contribution in [0.4, 0.5) is 0 Å². The molecule has 21 heavy (non-hydrogen) atoms. The highest BCUT2D eigenvalue weighted by atomic mass is 16.2. The normalized spacial score (nSPS) is 35.2. The van der Waals surface area contributed by atoms with Crippen molar-refractivity contribution in [3.8, 4) is 0 Å². The molecule has 3 rings (SSSR count). The summed E-state index contributed by atoms with van der Waals surface area (Å²) in [5, 5.41) is 3.07. The van der Waals surface area contributed by atoms with E-state index in [1.54, 1.807) is 0 Å². The van der Waals surface area contributed by atoms with Gasteiger partial charge in [0.25, 0.3) is 0 Å². The number of amides is 2. The maximum absolute atomic E-state index is 13.2. The Hall–Kier alpha value is -1.06. The molecule has 3 fully saturated rings. The van der Waals surface area contributed by atoms with Gasteiger partial charge in [-0.3, -0.25) is 9.59 Å². The minimum absolute atomic E-state index is 0.0598. The van der Waals surface area contributed by atoms with Crippen LogP contribution in [0.3, 0.4) is 0 Å². The average molecular weight is 292 g/mol. The van der Waals surface area contributed by atoms with Crippen molar-refractivity contribution in [2.45, 2.75) is 83.3 Å². The fourth-order valence-corrected chi connectivity index (χ4v) is 4.22. The summed E-state index contributed by atoms with van der Waals surface area (Å²) in [6.45, 7) is 6.04. The van der Waals surface area contributed by atoms with E-state index in [1.165, 1.54) is 19.3 Å². The highest BCUT2D eigenvalue weighted by Gasteiger charge is 2.56. The second-order valence-electron chi connectivity index (χ2n) is 7.66. The van der Waals surface area contributed by atoms with E-state index < -0.39 is 5.54 Å². The van der Waals surface area contributed by atoms with E-state index >= 15 is 0 Å². The van der Waals surface area contributed by atoms with Crippen LogP contribution in [-0.4, -0.2) is 34.3 Å². The summed E-state index contributed by atoms with van der Waals surface area (Å²) in [6.07, 6.45) is 7.87. The fourth-order valence-electron chi connectivity index (χ4n) is 4.22. The Morgan fingerprint density at radius 2 is 1.71 bits per heavy atom. The summed E-state index contributed by atoms with van der Waals surface area (Å²) >= 11 is 0. The molecule has 2 saturated carbocycles. The molecule has 2 aliphatic carbocycles. The molecule has 0 bridgehead atoms. The topological polar surface area (TPSA) is 49.4 Å². The summed E-state index contributed by atoms with van der Waals surface area (Å²) in [5.74, 6) is 0.743. The Morgan fingerprint density at radius 3 is 2.24 bits per heavy atom. The molecule has 1 N–H and O–H groups in total. The van der Waals surface area contributed by atoms with Gasteiger partial charge >= 0.3 is 0 Å². The van der Waals surface area contributed by atoms with Crippen LogP contribution in [0.15, 0.2) is 0 Å². The molecule has 4 heteroatoms. The van der Waals surface area contributed by atoms with Crippen LogP contribution in [0.2, 0.25) is 0 Å². The molecule has 1 aliphatic heterocycles. The molecule has 0 aromatic carbocycles. The van der Waals surface area contributed by atoms with Gasteiger partial charge in [-0.05, 0) is 44.4 Å². The predicted octanol–water partition coefficient (Wildman–Crippen LogP) is 2.47. The first-order valence-electron chi connectivity index (χ1n) is 8.60. The molecule has 2 atom stereocenters. The largest absolute Gasteiger partial charge is 0.340 e. The van der Waals surface area contributed by atoms with Crippen molar-refractivity contribution in [1.82, 2.24) is 10.2 Å². The maximum atomic E-state index is 13.2. The summed E-state index contributed by atoms with van der Waals surface area (Å²) in [6, 6.07) is -0.0183. The lowest BCUT2D eigenvalue weighted by molar-refractivity contribution is -0.161. The minimum atomic E-state index is -0.653. The van der Waals surface area contributed by atoms with Gasteiger partial charge in [-0.25, -0.2) is 0 Å². The SMILES string of the molecule is CC(C)C1C(=O)NC(C)(C2CC2)C(=O)N1C1CCCCC1. The zero-order chi connectivity index (χ0) is 15.2. The van der Waals surface area contributed by atoms with Crippen molar-refractivity contribution < 1.29 is 9.59 Å². The molecule has 0 spiro atoms. The maximum Gasteiger partial charge on any atom is 0.249 e. The lowest BCUT2D eigenvalue weighted by atomic mass is 9.83. The van der Waals surface area contributed by atoms with Crippen molar-refractivity contribution in [2.24, 2.45) is 11.8 Å². The molecular formula is C17H28N2O2. The Balaban J connectivity index is 1.92. The van der Waals surface area contributed by atoms with Crippen molar-refractivity contribution in [2.75, 3.05) is 0 Å². The van der Waals surface area contributed by atoms with Crippen LogP contribution in [-0.2, 0) is 9.59 Å². The fraction of sp³-hybridized carbons (Fsp3) is 0.882. The number of hydrogen-bond donors (Lipinski definition) is 1. The number of rotatable bonds is 3. The second kappa shape index (κ2) is 5.29. The zero-order valence-corrected chi connectivity index (χ0v) is 13.5. The molecule has 3 aliphatic rings. The van der Waals surface area contributed by atoms with Crippen LogP contribution < -0.4 is 5.32 Å². The number of nitrogens with one attached hydrogen (secondary N) is 1. The molecule has 118 valence electrons. The summed E-state index contributed by atoms with van der Waals surface area (Å²) in [5.41, 5.74) is -0.653. The standard InChI is InChI=1S/C17H28N2O2/c1-11(2)14-15(20)18-17(3,12-9-10-12)16(21)19(14)13-7-5-4-6-8-13/h11-14H,4-10H2,1-3H3,(H,18,20). The summed E-state index contributed by atoms with van der Waals surface area (Å²) in [4.78, 5) is 27.9. The van der Waals surface area contributed by atoms with Gasteiger partial charge in [0, 0.05) is 6.04 Å². The van der Waals surface area contributed by atoms with Crippen LogP contribution in [0.1, 0.15) is 65.7 Å². The van der Waals surface area contributed by atoms with Gasteiger partial charge in [0.15, 0.2) is 0 Å². The van der Waals surface area contributed by atoms with E-state index in [2.05, 4.69) is 5.32 Å². The van der Waals surface area contributed by atoms with Gasteiger partial charge in [0.1, 0.15) is 11.6 Å². The molecule has 4 nitrogen and oxygen atoms in total. The third kappa shape index (κ3) is 2.47. The molecule has 2 unspecified atom stereocenters. The van der Waals surface area contributed by atoms with Crippen LogP contribution in [0.25, 0.3) is 0 Å². The molecule has 0 aromatic heterocycles. The van der Waals surface area contributed by atoms with Crippen molar-refractivity contribution in [1.29, 1.82) is 0 Å². The first kappa shape index (κ1) is 14.9. The number of carbonyl (C=O) groups excluding carboxylic acids is 2. The van der Waals surface area contributed by atoms with Gasteiger partial charge in [-0.15, -0.1) is 0 Å². The van der Waals surface area contributed by atoms with E-state index in [4.69, 9.17) is 0 Å². The number of piperazine rings is 1. The van der Waals surface area contributed by atoms with Crippen molar-refractivity contribution in [3.05, 3.63) is 0 Å². The Labute approximate surface area is 127 Å². The van der Waals surface area contributed by atoms with Gasteiger partial charge in [0.2, 0.25) is 11.8 Å². The van der Waals surface area contributed by atoms with Crippen molar-refractivity contribution in [3.63, 3.8) is 0 Å². The first-order valence-corrected chi connectivity index (χ1v) is 8.60. The van der Waals surface area contributed by atoms with E-state index in [0.29, 0.717) is 5.92 Å². The Kier molecular flexibility index (Phi) is 3.74. The average Bonchev–Trinajstić information content (AvgIpc) is 3.28. The molecule has 1 saturated heterocycles. The highest BCUT2D eigenvalue weighted by Crippen LogP contribution is 2.44. The minimum Gasteiger partial charge on any atom is -0.340 e. The molecule has 0 radical (unpaired) electrons. The lowest BCUT2D eigenvalue weighted by Crippen LogP contribution is -2.73. The molecular weight excluding hydrogens is 264 g/mol. The molecule has 0 aromatic rings. The predicted molar refractivity (Wildman–Crippen MR) is 81.6 cm³/mol. The number of nitrogens with zero attached hydrogens (tertiary/aromatic N) is 1. The van der Waals surface area contributed by atoms with E-state index in [0.717, 1.165) is 25.7 Å². The quantitative estimate of drug-likeness (QED) is 0.868. The first-order chi connectivity index (χ1) is 9.95.